The Balaban J connectivity index is 0.997. The van der Waals surface area contributed by atoms with E-state index in [1.54, 1.807) is 0 Å². The van der Waals surface area contributed by atoms with Crippen LogP contribution in [-0.2, 0) is 9.47 Å². The molecule has 6 aromatic rings. The highest BCUT2D eigenvalue weighted by Crippen LogP contribution is 2.49. The number of rotatable bonds is 8. The number of ether oxygens (including phenoxy) is 3. The zero-order valence-electron chi connectivity index (χ0n) is 26.4. The van der Waals surface area contributed by atoms with Crippen molar-refractivity contribution in [3.8, 4) is 33.8 Å². The van der Waals surface area contributed by atoms with E-state index in [4.69, 9.17) is 19.2 Å². The SMILES string of the molecule is Cc1cc2c(cc1-c1ccc3[nH]ncc3c1)Oc1cc(-c3ccc4[nH]ncc4c3)cnc1N2CCOCCN1CC2COCC(C2)C1. The van der Waals surface area contributed by atoms with E-state index in [-0.39, 0.29) is 0 Å². The first-order chi connectivity index (χ1) is 23.1. The smallest absolute Gasteiger partial charge is 0.176 e. The van der Waals surface area contributed by atoms with Gasteiger partial charge in [0.05, 0.1) is 55.5 Å². The number of likely N-dealkylation sites (tertiary alicyclic amines) is 1. The van der Waals surface area contributed by atoms with Crippen molar-refractivity contribution >= 4 is 33.3 Å². The van der Waals surface area contributed by atoms with E-state index < -0.39 is 0 Å². The molecule has 2 N–H and O–H groups in total. The third-order valence-corrected chi connectivity index (χ3v) is 9.85. The normalized spacial score (nSPS) is 19.1. The number of hydrogen-bond donors (Lipinski definition) is 2. The summed E-state index contributed by atoms with van der Waals surface area (Å²) in [6.07, 6.45) is 6.94. The molecule has 0 radical (unpaired) electrons. The Bertz CT molecular complexity index is 2080. The predicted octanol–water partition coefficient (Wildman–Crippen LogP) is 6.71. The molecule has 9 rings (SSSR count). The molecule has 0 saturated carbocycles. The van der Waals surface area contributed by atoms with Crippen molar-refractivity contribution in [3.63, 3.8) is 0 Å². The maximum absolute atomic E-state index is 6.68. The minimum absolute atomic E-state index is 0.585. The Morgan fingerprint density at radius 1 is 0.787 bits per heavy atom. The third kappa shape index (κ3) is 5.42. The highest BCUT2D eigenvalue weighted by Gasteiger charge is 2.31. The number of aryl methyl sites for hydroxylation is 1. The Morgan fingerprint density at radius 3 is 2.30 bits per heavy atom. The van der Waals surface area contributed by atoms with Crippen LogP contribution >= 0.6 is 0 Å². The van der Waals surface area contributed by atoms with E-state index >= 15 is 0 Å². The topological polar surface area (TPSA) is 104 Å². The third-order valence-electron chi connectivity index (χ3n) is 9.85. The van der Waals surface area contributed by atoms with Crippen molar-refractivity contribution in [2.45, 2.75) is 13.3 Å². The van der Waals surface area contributed by atoms with Gasteiger partial charge in [-0.1, -0.05) is 12.1 Å². The Morgan fingerprint density at radius 2 is 1.51 bits per heavy atom. The van der Waals surface area contributed by atoms with E-state index in [2.05, 4.69) is 85.6 Å². The van der Waals surface area contributed by atoms with Crippen molar-refractivity contribution in [3.05, 3.63) is 78.8 Å². The number of nitrogens with zero attached hydrogens (tertiary/aromatic N) is 5. The summed E-state index contributed by atoms with van der Waals surface area (Å²) in [5.74, 6) is 3.65. The van der Waals surface area contributed by atoms with Crippen LogP contribution in [0.5, 0.6) is 11.5 Å². The van der Waals surface area contributed by atoms with Crippen LogP contribution in [-0.4, -0.2) is 82.9 Å². The van der Waals surface area contributed by atoms with E-state index in [0.717, 1.165) is 105 Å². The van der Waals surface area contributed by atoms with Crippen LogP contribution < -0.4 is 9.64 Å². The van der Waals surface area contributed by atoms with Gasteiger partial charge in [-0.3, -0.25) is 10.2 Å². The molecule has 10 heteroatoms. The Hall–Kier alpha value is -4.77. The standard InChI is InChI=1S/C37H37N7O3/c1-23-10-34-35(15-31(23)27-3-5-33-30(13-27)18-40-42-33)47-36-14-28(26-2-4-32-29(12-26)17-39-41-32)16-38-37(36)44(34)7-9-45-8-6-43-19-24-11-25(20-43)22-46-21-24/h2-5,10,12-18,24-25H,6-9,11,19-22H2,1H3,(H,39,41)(H,40,42). The summed E-state index contributed by atoms with van der Waals surface area (Å²) in [6, 6.07) is 19.1. The average Bonchev–Trinajstić information content (AvgIpc) is 3.76. The molecule has 2 saturated heterocycles. The lowest BCUT2D eigenvalue weighted by molar-refractivity contribution is -0.0455. The molecule has 2 bridgehead atoms. The second-order valence-corrected chi connectivity index (χ2v) is 13.2. The molecule has 3 aliphatic rings. The van der Waals surface area contributed by atoms with Gasteiger partial charge in [-0.05, 0) is 89.9 Å². The fraction of sp³-hybridized carbons (Fsp3) is 0.324. The number of pyridine rings is 1. The lowest BCUT2D eigenvalue weighted by atomic mass is 9.88. The summed E-state index contributed by atoms with van der Waals surface area (Å²) in [5, 5.41) is 16.6. The van der Waals surface area contributed by atoms with Crippen LogP contribution in [0.3, 0.4) is 0 Å². The van der Waals surface area contributed by atoms with Gasteiger partial charge in [0.15, 0.2) is 17.3 Å². The summed E-state index contributed by atoms with van der Waals surface area (Å²) < 4.78 is 18.7. The fourth-order valence-electron chi connectivity index (χ4n) is 7.54. The summed E-state index contributed by atoms with van der Waals surface area (Å²) in [5.41, 5.74) is 8.47. The zero-order valence-corrected chi connectivity index (χ0v) is 26.4. The van der Waals surface area contributed by atoms with Crippen molar-refractivity contribution in [1.82, 2.24) is 30.3 Å². The van der Waals surface area contributed by atoms with Crippen LogP contribution in [0.15, 0.2) is 73.2 Å². The zero-order chi connectivity index (χ0) is 31.3. The Labute approximate surface area is 272 Å². The van der Waals surface area contributed by atoms with Gasteiger partial charge in [-0.15, -0.1) is 0 Å². The number of benzene rings is 3. The highest BCUT2D eigenvalue weighted by molar-refractivity contribution is 5.88. The van der Waals surface area contributed by atoms with Gasteiger partial charge in [0.25, 0.3) is 0 Å². The molecule has 0 aliphatic carbocycles. The molecule has 3 aliphatic heterocycles. The van der Waals surface area contributed by atoms with Gasteiger partial charge in [-0.25, -0.2) is 4.98 Å². The first kappa shape index (κ1) is 28.5. The second-order valence-electron chi connectivity index (χ2n) is 13.2. The summed E-state index contributed by atoms with van der Waals surface area (Å²) >= 11 is 0. The van der Waals surface area contributed by atoms with Crippen LogP contribution in [0.2, 0.25) is 0 Å². The molecule has 2 unspecified atom stereocenters. The minimum Gasteiger partial charge on any atom is -0.451 e. The fourth-order valence-corrected chi connectivity index (χ4v) is 7.54. The number of aromatic amines is 2. The van der Waals surface area contributed by atoms with Crippen LogP contribution in [0, 0.1) is 18.8 Å². The quantitative estimate of drug-likeness (QED) is 0.180. The lowest BCUT2D eigenvalue weighted by Crippen LogP contribution is -2.47. The van der Waals surface area contributed by atoms with Gasteiger partial charge in [0, 0.05) is 48.7 Å². The lowest BCUT2D eigenvalue weighted by Gasteiger charge is -2.41. The van der Waals surface area contributed by atoms with E-state index in [1.165, 1.54) is 6.42 Å². The molecule has 0 spiro atoms. The number of fused-ring (bicyclic) bond motifs is 6. The number of piperidine rings is 1. The van der Waals surface area contributed by atoms with Crippen molar-refractivity contribution < 1.29 is 14.2 Å². The van der Waals surface area contributed by atoms with Crippen LogP contribution in [0.4, 0.5) is 11.5 Å². The molecule has 2 atom stereocenters. The van der Waals surface area contributed by atoms with Crippen molar-refractivity contribution in [2.75, 3.05) is 57.5 Å². The summed E-state index contributed by atoms with van der Waals surface area (Å²) in [7, 11) is 0. The number of H-pyrrole nitrogens is 2. The van der Waals surface area contributed by atoms with Crippen molar-refractivity contribution in [2.24, 2.45) is 11.8 Å². The maximum atomic E-state index is 6.68. The van der Waals surface area contributed by atoms with E-state index in [0.29, 0.717) is 31.6 Å². The van der Waals surface area contributed by atoms with Crippen LogP contribution in [0.1, 0.15) is 12.0 Å². The van der Waals surface area contributed by atoms with Gasteiger partial charge in [-0.2, -0.15) is 10.2 Å². The molecular formula is C37H37N7O3. The Kier molecular flexibility index (Phi) is 7.14. The molecule has 6 heterocycles. The number of anilines is 2. The van der Waals surface area contributed by atoms with E-state index in [1.807, 2.05) is 24.7 Å². The number of aromatic nitrogens is 5. The molecular weight excluding hydrogens is 590 g/mol. The molecule has 47 heavy (non-hydrogen) atoms. The summed E-state index contributed by atoms with van der Waals surface area (Å²) in [4.78, 5) is 9.78. The molecule has 0 amide bonds. The maximum Gasteiger partial charge on any atom is 0.176 e. The van der Waals surface area contributed by atoms with Crippen LogP contribution in [0.25, 0.3) is 44.1 Å². The first-order valence-corrected chi connectivity index (χ1v) is 16.5. The largest absolute Gasteiger partial charge is 0.451 e. The molecule has 10 nitrogen and oxygen atoms in total. The summed E-state index contributed by atoms with van der Waals surface area (Å²) in [6.45, 7) is 9.08. The predicted molar refractivity (Wildman–Crippen MR) is 182 cm³/mol. The van der Waals surface area contributed by atoms with Gasteiger partial charge in [0.1, 0.15) is 0 Å². The van der Waals surface area contributed by atoms with E-state index in [9.17, 15) is 0 Å². The monoisotopic (exact) mass is 627 g/mol. The van der Waals surface area contributed by atoms with Gasteiger partial charge in [0.2, 0.25) is 0 Å². The average molecular weight is 628 g/mol. The second kappa shape index (κ2) is 11.8. The number of nitrogens with one attached hydrogen (secondary N) is 2. The molecule has 2 fully saturated rings. The number of hydrogen-bond acceptors (Lipinski definition) is 8. The molecule has 3 aromatic heterocycles. The highest BCUT2D eigenvalue weighted by atomic mass is 16.5. The first-order valence-electron chi connectivity index (χ1n) is 16.5. The molecule has 3 aromatic carbocycles. The van der Waals surface area contributed by atoms with Gasteiger partial charge < -0.3 is 24.0 Å². The van der Waals surface area contributed by atoms with Gasteiger partial charge >= 0.3 is 0 Å². The minimum atomic E-state index is 0.585. The molecule has 238 valence electrons. The van der Waals surface area contributed by atoms with Crippen molar-refractivity contribution in [1.29, 1.82) is 0 Å².